The number of thiazole rings is 1. The number of rotatable bonds is 4. The van der Waals surface area contributed by atoms with E-state index in [2.05, 4.69) is 53.8 Å². The molecule has 0 saturated heterocycles. The standard InChI is InChI=1S/C14H18N2S/c1-4-12-7-5-6-8-13(12)15-10(2)14-9-17-11(3)16-14/h5-10,15H,4H2,1-3H3. The number of nitrogens with one attached hydrogen (secondary N) is 1. The molecule has 0 radical (unpaired) electrons. The van der Waals surface area contributed by atoms with Crippen molar-refractivity contribution in [1.82, 2.24) is 4.98 Å². The first-order valence-corrected chi connectivity index (χ1v) is 6.85. The second kappa shape index (κ2) is 5.32. The predicted molar refractivity (Wildman–Crippen MR) is 74.7 cm³/mol. The molecule has 0 amide bonds. The molecule has 1 aromatic carbocycles. The molecule has 0 fully saturated rings. The largest absolute Gasteiger partial charge is 0.377 e. The van der Waals surface area contributed by atoms with E-state index in [1.807, 2.05) is 6.92 Å². The van der Waals surface area contributed by atoms with Gasteiger partial charge in [-0.1, -0.05) is 25.1 Å². The maximum Gasteiger partial charge on any atom is 0.0898 e. The Bertz CT molecular complexity index is 490. The lowest BCUT2D eigenvalue weighted by molar-refractivity contribution is 0.842. The van der Waals surface area contributed by atoms with Crippen LogP contribution < -0.4 is 5.32 Å². The van der Waals surface area contributed by atoms with E-state index in [4.69, 9.17) is 0 Å². The van der Waals surface area contributed by atoms with Gasteiger partial charge in [0.25, 0.3) is 0 Å². The fraction of sp³-hybridized carbons (Fsp3) is 0.357. The molecule has 2 nitrogen and oxygen atoms in total. The third-order valence-electron chi connectivity index (χ3n) is 2.85. The van der Waals surface area contributed by atoms with Gasteiger partial charge in [-0.15, -0.1) is 11.3 Å². The van der Waals surface area contributed by atoms with E-state index in [0.717, 1.165) is 17.1 Å². The molecule has 0 aliphatic carbocycles. The molecule has 2 aromatic rings. The van der Waals surface area contributed by atoms with E-state index in [1.54, 1.807) is 11.3 Å². The number of nitrogens with zero attached hydrogens (tertiary/aromatic N) is 1. The fourth-order valence-corrected chi connectivity index (χ4v) is 2.56. The lowest BCUT2D eigenvalue weighted by Crippen LogP contribution is -2.08. The molecular formula is C14H18N2S. The Balaban J connectivity index is 2.15. The van der Waals surface area contributed by atoms with Gasteiger partial charge in [-0.3, -0.25) is 0 Å². The van der Waals surface area contributed by atoms with Crippen LogP contribution in [0.3, 0.4) is 0 Å². The highest BCUT2D eigenvalue weighted by Gasteiger charge is 2.09. The van der Waals surface area contributed by atoms with Crippen LogP contribution in [-0.4, -0.2) is 4.98 Å². The van der Waals surface area contributed by atoms with Crippen LogP contribution in [0, 0.1) is 6.92 Å². The van der Waals surface area contributed by atoms with Crippen LogP contribution >= 0.6 is 11.3 Å². The van der Waals surface area contributed by atoms with Crippen molar-refractivity contribution < 1.29 is 0 Å². The summed E-state index contributed by atoms with van der Waals surface area (Å²) in [6.45, 7) is 6.37. The summed E-state index contributed by atoms with van der Waals surface area (Å²) in [4.78, 5) is 4.52. The minimum atomic E-state index is 0.257. The summed E-state index contributed by atoms with van der Waals surface area (Å²) in [6, 6.07) is 8.71. The molecule has 0 aliphatic heterocycles. The van der Waals surface area contributed by atoms with Gasteiger partial charge in [-0.2, -0.15) is 0 Å². The van der Waals surface area contributed by atoms with Crippen molar-refractivity contribution in [3.63, 3.8) is 0 Å². The Kier molecular flexibility index (Phi) is 3.79. The van der Waals surface area contributed by atoms with Crippen LogP contribution in [0.15, 0.2) is 29.6 Å². The monoisotopic (exact) mass is 246 g/mol. The summed E-state index contributed by atoms with van der Waals surface area (Å²) < 4.78 is 0. The molecule has 0 saturated carbocycles. The van der Waals surface area contributed by atoms with Gasteiger partial charge in [-0.05, 0) is 31.9 Å². The van der Waals surface area contributed by atoms with Gasteiger partial charge in [0.05, 0.1) is 16.7 Å². The Morgan fingerprint density at radius 2 is 2.12 bits per heavy atom. The zero-order chi connectivity index (χ0) is 12.3. The molecule has 1 N–H and O–H groups in total. The van der Waals surface area contributed by atoms with Gasteiger partial charge >= 0.3 is 0 Å². The Labute approximate surface area is 107 Å². The minimum Gasteiger partial charge on any atom is -0.377 e. The predicted octanol–water partition coefficient (Wildman–Crippen LogP) is 4.19. The van der Waals surface area contributed by atoms with Crippen molar-refractivity contribution in [2.45, 2.75) is 33.2 Å². The number of benzene rings is 1. The number of hydrogen-bond donors (Lipinski definition) is 1. The summed E-state index contributed by atoms with van der Waals surface area (Å²) in [5.41, 5.74) is 3.69. The summed E-state index contributed by atoms with van der Waals surface area (Å²) in [5.74, 6) is 0. The van der Waals surface area contributed by atoms with Crippen LogP contribution in [0.5, 0.6) is 0 Å². The summed E-state index contributed by atoms with van der Waals surface area (Å²) in [6.07, 6.45) is 1.05. The van der Waals surface area contributed by atoms with E-state index in [1.165, 1.54) is 11.3 Å². The van der Waals surface area contributed by atoms with Crippen molar-refractivity contribution in [3.05, 3.63) is 45.9 Å². The van der Waals surface area contributed by atoms with Crippen LogP contribution in [0.25, 0.3) is 0 Å². The first-order valence-electron chi connectivity index (χ1n) is 5.97. The van der Waals surface area contributed by atoms with Crippen LogP contribution in [-0.2, 0) is 6.42 Å². The second-order valence-electron chi connectivity index (χ2n) is 4.17. The highest BCUT2D eigenvalue weighted by atomic mass is 32.1. The molecule has 0 spiro atoms. The second-order valence-corrected chi connectivity index (χ2v) is 5.23. The van der Waals surface area contributed by atoms with Crippen LogP contribution in [0.4, 0.5) is 5.69 Å². The number of para-hydroxylation sites is 1. The minimum absolute atomic E-state index is 0.257. The molecule has 17 heavy (non-hydrogen) atoms. The third-order valence-corrected chi connectivity index (χ3v) is 3.64. The number of anilines is 1. The maximum atomic E-state index is 4.52. The van der Waals surface area contributed by atoms with Gasteiger partial charge < -0.3 is 5.32 Å². The molecule has 1 aromatic heterocycles. The van der Waals surface area contributed by atoms with Crippen molar-refractivity contribution in [1.29, 1.82) is 0 Å². The van der Waals surface area contributed by atoms with E-state index >= 15 is 0 Å². The first kappa shape index (κ1) is 12.1. The number of hydrogen-bond acceptors (Lipinski definition) is 3. The zero-order valence-corrected chi connectivity index (χ0v) is 11.3. The smallest absolute Gasteiger partial charge is 0.0898 e. The van der Waals surface area contributed by atoms with Crippen LogP contribution in [0.2, 0.25) is 0 Å². The zero-order valence-electron chi connectivity index (χ0n) is 10.5. The topological polar surface area (TPSA) is 24.9 Å². The molecule has 0 aliphatic rings. The van der Waals surface area contributed by atoms with Gasteiger partial charge in [-0.25, -0.2) is 4.98 Å². The highest BCUT2D eigenvalue weighted by molar-refractivity contribution is 7.09. The molecular weight excluding hydrogens is 228 g/mol. The van der Waals surface area contributed by atoms with Gasteiger partial charge in [0, 0.05) is 11.1 Å². The van der Waals surface area contributed by atoms with Gasteiger partial charge in [0.1, 0.15) is 0 Å². The molecule has 3 heteroatoms. The lowest BCUT2D eigenvalue weighted by Gasteiger charge is -2.16. The van der Waals surface area contributed by atoms with E-state index < -0.39 is 0 Å². The van der Waals surface area contributed by atoms with E-state index in [9.17, 15) is 0 Å². The van der Waals surface area contributed by atoms with E-state index in [0.29, 0.717) is 0 Å². The molecule has 1 heterocycles. The highest BCUT2D eigenvalue weighted by Crippen LogP contribution is 2.23. The molecule has 90 valence electrons. The molecule has 1 atom stereocenters. The Morgan fingerprint density at radius 1 is 1.35 bits per heavy atom. The Hall–Kier alpha value is -1.35. The maximum absolute atomic E-state index is 4.52. The first-order chi connectivity index (χ1) is 8.20. The third kappa shape index (κ3) is 2.86. The average molecular weight is 246 g/mol. The van der Waals surface area contributed by atoms with Gasteiger partial charge in [0.15, 0.2) is 0 Å². The van der Waals surface area contributed by atoms with Crippen LogP contribution in [0.1, 0.15) is 36.2 Å². The number of aromatic nitrogens is 1. The quantitative estimate of drug-likeness (QED) is 0.875. The summed E-state index contributed by atoms with van der Waals surface area (Å²) >= 11 is 1.70. The van der Waals surface area contributed by atoms with Gasteiger partial charge in [0.2, 0.25) is 0 Å². The van der Waals surface area contributed by atoms with Crippen molar-refractivity contribution in [2.75, 3.05) is 5.32 Å². The summed E-state index contributed by atoms with van der Waals surface area (Å²) in [5, 5.41) is 6.78. The van der Waals surface area contributed by atoms with Crippen molar-refractivity contribution in [2.24, 2.45) is 0 Å². The van der Waals surface area contributed by atoms with E-state index in [-0.39, 0.29) is 6.04 Å². The molecule has 1 unspecified atom stereocenters. The number of aryl methyl sites for hydroxylation is 2. The lowest BCUT2D eigenvalue weighted by atomic mass is 10.1. The van der Waals surface area contributed by atoms with Crippen molar-refractivity contribution >= 4 is 17.0 Å². The van der Waals surface area contributed by atoms with Crippen molar-refractivity contribution in [3.8, 4) is 0 Å². The molecule has 0 bridgehead atoms. The normalized spacial score (nSPS) is 12.4. The Morgan fingerprint density at radius 3 is 2.76 bits per heavy atom. The average Bonchev–Trinajstić information content (AvgIpc) is 2.77. The molecule has 2 rings (SSSR count). The summed E-state index contributed by atoms with van der Waals surface area (Å²) in [7, 11) is 0. The SMILES string of the molecule is CCc1ccccc1NC(C)c1csc(C)n1. The fourth-order valence-electron chi connectivity index (χ4n) is 1.86.